The van der Waals surface area contributed by atoms with Gasteiger partial charge in [0, 0.05) is 33.6 Å². The van der Waals surface area contributed by atoms with Gasteiger partial charge in [-0.3, -0.25) is 0 Å². The predicted octanol–water partition coefficient (Wildman–Crippen LogP) is 7.67. The Kier molecular flexibility index (Phi) is 6.31. The molecule has 3 nitrogen and oxygen atoms in total. The highest BCUT2D eigenvalue weighted by Crippen LogP contribution is 2.44. The van der Waals surface area contributed by atoms with Gasteiger partial charge in [0.25, 0.3) is 0 Å². The average molecular weight is 460 g/mol. The molecule has 0 aliphatic heterocycles. The standard InChI is InChI=1S/C29H31O3S/c1-19-11-13-23(14-12-19)29(5,6)32-27(30)17-31-28-20(2)15-24(16-21(28)3)33-18-22(4)25-9-7-8-10-26(25)33/h7-16,18H,17H2,1-6H3/q+1. The molecule has 1 heterocycles. The van der Waals surface area contributed by atoms with Crippen LogP contribution in [0.3, 0.4) is 0 Å². The number of hydrogen-bond acceptors (Lipinski definition) is 3. The first-order valence-corrected chi connectivity index (χ1v) is 12.5. The van der Waals surface area contributed by atoms with Gasteiger partial charge in [-0.05, 0) is 70.4 Å². The van der Waals surface area contributed by atoms with Gasteiger partial charge >= 0.3 is 5.97 Å². The van der Waals surface area contributed by atoms with Gasteiger partial charge in [0.15, 0.2) is 16.2 Å². The second-order valence-electron chi connectivity index (χ2n) is 9.16. The van der Waals surface area contributed by atoms with Gasteiger partial charge < -0.3 is 9.47 Å². The van der Waals surface area contributed by atoms with Crippen molar-refractivity contribution in [1.82, 2.24) is 0 Å². The van der Waals surface area contributed by atoms with Crippen LogP contribution < -0.4 is 4.74 Å². The Morgan fingerprint density at radius 2 is 1.52 bits per heavy atom. The van der Waals surface area contributed by atoms with Crippen molar-refractivity contribution in [3.05, 3.63) is 93.9 Å². The summed E-state index contributed by atoms with van der Waals surface area (Å²) in [5.41, 5.74) is 4.79. The van der Waals surface area contributed by atoms with Crippen molar-refractivity contribution >= 4 is 26.5 Å². The topological polar surface area (TPSA) is 35.5 Å². The summed E-state index contributed by atoms with van der Waals surface area (Å²) in [5.74, 6) is 0.370. The lowest BCUT2D eigenvalue weighted by Gasteiger charge is -2.26. The fourth-order valence-electron chi connectivity index (χ4n) is 4.21. The number of thiophene rings is 1. The number of rotatable bonds is 6. The van der Waals surface area contributed by atoms with E-state index in [4.69, 9.17) is 9.47 Å². The van der Waals surface area contributed by atoms with Gasteiger partial charge in [0.05, 0.1) is 0 Å². The Bertz CT molecular complexity index is 1290. The quantitative estimate of drug-likeness (QED) is 0.219. The highest BCUT2D eigenvalue weighted by atomic mass is 32.2. The summed E-state index contributed by atoms with van der Waals surface area (Å²) >= 11 is 0. The fraction of sp³-hybridized carbons (Fsp3) is 0.276. The van der Waals surface area contributed by atoms with Crippen LogP contribution in [0.1, 0.15) is 41.7 Å². The second-order valence-corrected chi connectivity index (χ2v) is 11.0. The number of carbonyl (C=O) groups excluding carboxylic acids is 1. The number of esters is 1. The van der Waals surface area contributed by atoms with Gasteiger partial charge in [0.2, 0.25) is 0 Å². The molecule has 0 saturated heterocycles. The lowest BCUT2D eigenvalue weighted by atomic mass is 9.97. The van der Waals surface area contributed by atoms with Crippen LogP contribution in [0.4, 0.5) is 0 Å². The first-order chi connectivity index (χ1) is 15.7. The van der Waals surface area contributed by atoms with Gasteiger partial charge in [0.1, 0.15) is 16.7 Å². The summed E-state index contributed by atoms with van der Waals surface area (Å²) < 4.78 is 13.1. The van der Waals surface area contributed by atoms with Crippen LogP contribution in [-0.4, -0.2) is 12.6 Å². The first kappa shape index (κ1) is 23.1. The van der Waals surface area contributed by atoms with E-state index in [1.807, 2.05) is 58.9 Å². The largest absolute Gasteiger partial charge is 0.481 e. The third-order valence-electron chi connectivity index (χ3n) is 5.98. The third kappa shape index (κ3) is 4.81. The molecule has 1 aromatic heterocycles. The van der Waals surface area contributed by atoms with E-state index >= 15 is 0 Å². The molecule has 4 rings (SSSR count). The van der Waals surface area contributed by atoms with Crippen molar-refractivity contribution in [3.63, 3.8) is 0 Å². The van der Waals surface area contributed by atoms with E-state index in [0.717, 1.165) is 22.4 Å². The van der Waals surface area contributed by atoms with Crippen LogP contribution in [0, 0.1) is 27.7 Å². The maximum absolute atomic E-state index is 12.6. The molecular weight excluding hydrogens is 428 g/mol. The summed E-state index contributed by atoms with van der Waals surface area (Å²) in [6, 6.07) is 21.0. The summed E-state index contributed by atoms with van der Waals surface area (Å²) in [6.45, 7) is 12.0. The highest BCUT2D eigenvalue weighted by Gasteiger charge is 2.26. The minimum atomic E-state index is -0.719. The van der Waals surface area contributed by atoms with Gasteiger partial charge in [-0.25, -0.2) is 4.79 Å². The van der Waals surface area contributed by atoms with E-state index in [1.165, 1.54) is 26.1 Å². The number of carbonyl (C=O) groups is 1. The molecule has 0 saturated carbocycles. The first-order valence-electron chi connectivity index (χ1n) is 11.2. The Morgan fingerprint density at radius 3 is 2.18 bits per heavy atom. The van der Waals surface area contributed by atoms with Crippen molar-refractivity contribution in [2.24, 2.45) is 0 Å². The van der Waals surface area contributed by atoms with Crippen LogP contribution in [0.15, 0.2) is 66.0 Å². The molecule has 0 fully saturated rings. The average Bonchev–Trinajstić information content (AvgIpc) is 3.10. The van der Waals surface area contributed by atoms with Crippen molar-refractivity contribution < 1.29 is 14.3 Å². The SMILES string of the molecule is Cc1ccc(C(C)(C)OC(=O)COc2c(C)cc(-[s+]3cc(C)c4ccccc43)cc2C)cc1. The predicted molar refractivity (Wildman–Crippen MR) is 138 cm³/mol. The number of aryl methyl sites for hydroxylation is 4. The van der Waals surface area contributed by atoms with Crippen LogP contribution >= 0.6 is 10.5 Å². The Labute approximate surface area is 199 Å². The zero-order chi connectivity index (χ0) is 23.8. The smallest absolute Gasteiger partial charge is 0.345 e. The summed E-state index contributed by atoms with van der Waals surface area (Å²) in [4.78, 5) is 13.9. The normalized spacial score (nSPS) is 12.1. The number of fused-ring (bicyclic) bond motifs is 1. The molecule has 3 aromatic carbocycles. The molecule has 33 heavy (non-hydrogen) atoms. The van der Waals surface area contributed by atoms with Crippen molar-refractivity contribution in [1.29, 1.82) is 0 Å². The number of ether oxygens (including phenoxy) is 2. The molecule has 0 radical (unpaired) electrons. The molecule has 170 valence electrons. The van der Waals surface area contributed by atoms with Crippen LogP contribution in [0.2, 0.25) is 0 Å². The van der Waals surface area contributed by atoms with Crippen LogP contribution in [0.25, 0.3) is 15.0 Å². The summed E-state index contributed by atoms with van der Waals surface area (Å²) in [5, 5.41) is 3.68. The van der Waals surface area contributed by atoms with Crippen LogP contribution in [0.5, 0.6) is 5.75 Å². The molecule has 1 unspecified atom stereocenters. The van der Waals surface area contributed by atoms with Crippen molar-refractivity contribution in [3.8, 4) is 10.6 Å². The van der Waals surface area contributed by atoms with Crippen molar-refractivity contribution in [2.45, 2.75) is 47.1 Å². The molecule has 4 aromatic rings. The summed E-state index contributed by atoms with van der Waals surface area (Å²) in [7, 11) is -0.0828. The molecular formula is C29H31O3S+. The third-order valence-corrected chi connectivity index (χ3v) is 8.14. The van der Waals surface area contributed by atoms with Gasteiger partial charge in [-0.15, -0.1) is 0 Å². The van der Waals surface area contributed by atoms with Crippen molar-refractivity contribution in [2.75, 3.05) is 6.61 Å². The minimum absolute atomic E-state index is 0.0828. The zero-order valence-electron chi connectivity index (χ0n) is 20.2. The molecule has 0 aliphatic carbocycles. The maximum atomic E-state index is 12.6. The number of benzene rings is 3. The van der Waals surface area contributed by atoms with Gasteiger partial charge in [-0.1, -0.05) is 42.0 Å². The highest BCUT2D eigenvalue weighted by molar-refractivity contribution is 7.43. The van der Waals surface area contributed by atoms with E-state index < -0.39 is 5.60 Å². The molecule has 0 N–H and O–H groups in total. The van der Waals surface area contributed by atoms with E-state index in [2.05, 4.69) is 48.7 Å². The van der Waals surface area contributed by atoms with E-state index in [9.17, 15) is 4.79 Å². The Hall–Kier alpha value is -3.11. The summed E-state index contributed by atoms with van der Waals surface area (Å²) in [6.07, 6.45) is 0. The molecule has 0 aliphatic rings. The molecule has 4 heteroatoms. The zero-order valence-corrected chi connectivity index (χ0v) is 21.0. The number of hydrogen-bond donors (Lipinski definition) is 0. The molecule has 0 bridgehead atoms. The fourth-order valence-corrected chi connectivity index (χ4v) is 6.50. The Balaban J connectivity index is 1.50. The van der Waals surface area contributed by atoms with Gasteiger partial charge in [-0.2, -0.15) is 0 Å². The molecule has 1 atom stereocenters. The van der Waals surface area contributed by atoms with E-state index in [0.29, 0.717) is 0 Å². The minimum Gasteiger partial charge on any atom is -0.481 e. The second kappa shape index (κ2) is 9.03. The monoisotopic (exact) mass is 459 g/mol. The lowest BCUT2D eigenvalue weighted by molar-refractivity contribution is -0.159. The van der Waals surface area contributed by atoms with E-state index in [1.54, 1.807) is 0 Å². The van der Waals surface area contributed by atoms with Crippen LogP contribution in [-0.2, 0) is 15.1 Å². The van der Waals surface area contributed by atoms with E-state index in [-0.39, 0.29) is 23.0 Å². The molecule has 0 spiro atoms. The Morgan fingerprint density at radius 1 is 0.879 bits per heavy atom. The lowest BCUT2D eigenvalue weighted by Crippen LogP contribution is -2.28. The maximum Gasteiger partial charge on any atom is 0.345 e. The molecule has 0 amide bonds.